The van der Waals surface area contributed by atoms with Crippen LogP contribution >= 0.6 is 11.3 Å². The van der Waals surface area contributed by atoms with E-state index in [4.69, 9.17) is 0 Å². The molecule has 2 N–H and O–H groups in total. The minimum atomic E-state index is -3.37. The molecule has 1 aromatic heterocycles. The van der Waals surface area contributed by atoms with Gasteiger partial charge in [-0.15, -0.1) is 11.3 Å². The van der Waals surface area contributed by atoms with Gasteiger partial charge in [0, 0.05) is 23.5 Å². The average Bonchev–Trinajstić information content (AvgIpc) is 2.93. The van der Waals surface area contributed by atoms with Crippen LogP contribution in [0.2, 0.25) is 0 Å². The van der Waals surface area contributed by atoms with Gasteiger partial charge in [-0.2, -0.15) is 0 Å². The third-order valence-electron chi connectivity index (χ3n) is 3.95. The number of aryl methyl sites for hydroxylation is 1. The van der Waals surface area contributed by atoms with Gasteiger partial charge in [0.05, 0.1) is 0 Å². The summed E-state index contributed by atoms with van der Waals surface area (Å²) in [5.74, 6) is 0.619. The molecule has 0 aliphatic heterocycles. The van der Waals surface area contributed by atoms with E-state index in [2.05, 4.69) is 30.8 Å². The van der Waals surface area contributed by atoms with E-state index in [-0.39, 0.29) is 6.04 Å². The maximum absolute atomic E-state index is 12.5. The molecular formula is C15H26N2O2S2. The first-order valence-electron chi connectivity index (χ1n) is 7.63. The van der Waals surface area contributed by atoms with Crippen LogP contribution in [0.25, 0.3) is 0 Å². The number of rotatable bonds is 6. The Morgan fingerprint density at radius 3 is 2.67 bits per heavy atom. The van der Waals surface area contributed by atoms with E-state index in [0.29, 0.717) is 16.2 Å². The molecule has 1 aromatic rings. The monoisotopic (exact) mass is 330 g/mol. The summed E-state index contributed by atoms with van der Waals surface area (Å²) in [4.78, 5) is 1.10. The Bertz CT molecular complexity index is 578. The van der Waals surface area contributed by atoms with Gasteiger partial charge in [-0.3, -0.25) is 0 Å². The van der Waals surface area contributed by atoms with E-state index in [1.807, 2.05) is 6.92 Å². The molecule has 6 heteroatoms. The molecule has 0 saturated heterocycles. The second-order valence-corrected chi connectivity index (χ2v) is 9.52. The fourth-order valence-electron chi connectivity index (χ4n) is 2.69. The van der Waals surface area contributed by atoms with Crippen molar-refractivity contribution < 1.29 is 8.42 Å². The van der Waals surface area contributed by atoms with Crippen LogP contribution in [-0.2, 0) is 16.6 Å². The zero-order valence-corrected chi connectivity index (χ0v) is 14.9. The molecule has 2 atom stereocenters. The molecule has 1 saturated carbocycles. The first-order valence-corrected chi connectivity index (χ1v) is 9.93. The molecule has 0 radical (unpaired) electrons. The average molecular weight is 331 g/mol. The maximum Gasteiger partial charge on any atom is 0.250 e. The smallest absolute Gasteiger partial charge is 0.250 e. The standard InChI is InChI=1S/C15H26N2O2S2/c1-10(2)16-9-14-12(4)8-15(20-14)21(18,19)17-13-6-5-11(3)7-13/h8,10-11,13,16-17H,5-7,9H2,1-4H3. The molecule has 0 bridgehead atoms. The Balaban J connectivity index is 2.07. The number of sulfonamides is 1. The van der Waals surface area contributed by atoms with E-state index >= 15 is 0 Å². The summed E-state index contributed by atoms with van der Waals surface area (Å²) in [6, 6.07) is 2.29. The Labute approximate surface area is 132 Å². The molecule has 4 nitrogen and oxygen atoms in total. The van der Waals surface area contributed by atoms with Crippen molar-refractivity contribution >= 4 is 21.4 Å². The van der Waals surface area contributed by atoms with E-state index in [1.54, 1.807) is 6.07 Å². The topological polar surface area (TPSA) is 58.2 Å². The minimum Gasteiger partial charge on any atom is -0.310 e. The van der Waals surface area contributed by atoms with E-state index in [0.717, 1.165) is 36.2 Å². The Hall–Kier alpha value is -0.430. The van der Waals surface area contributed by atoms with Gasteiger partial charge in [-0.25, -0.2) is 13.1 Å². The fraction of sp³-hybridized carbons (Fsp3) is 0.733. The molecule has 0 aromatic carbocycles. The third kappa shape index (κ3) is 4.52. The summed E-state index contributed by atoms with van der Waals surface area (Å²) in [5.41, 5.74) is 1.05. The summed E-state index contributed by atoms with van der Waals surface area (Å²) in [6.07, 6.45) is 3.01. The van der Waals surface area contributed by atoms with Crippen LogP contribution < -0.4 is 10.0 Å². The Kier molecular flexibility index (Phi) is 5.46. The van der Waals surface area contributed by atoms with Crippen molar-refractivity contribution in [1.29, 1.82) is 0 Å². The summed E-state index contributed by atoms with van der Waals surface area (Å²) >= 11 is 1.38. The van der Waals surface area contributed by atoms with Crippen molar-refractivity contribution in [3.8, 4) is 0 Å². The van der Waals surface area contributed by atoms with Crippen molar-refractivity contribution in [1.82, 2.24) is 10.0 Å². The van der Waals surface area contributed by atoms with E-state index < -0.39 is 10.0 Å². The molecule has 1 aliphatic rings. The predicted octanol–water partition coefficient (Wildman–Crippen LogP) is 3.02. The van der Waals surface area contributed by atoms with Crippen molar-refractivity contribution in [3.63, 3.8) is 0 Å². The van der Waals surface area contributed by atoms with Crippen LogP contribution in [0, 0.1) is 12.8 Å². The first kappa shape index (κ1) is 16.9. The van der Waals surface area contributed by atoms with Crippen LogP contribution in [0.3, 0.4) is 0 Å². The van der Waals surface area contributed by atoms with Crippen LogP contribution in [0.15, 0.2) is 10.3 Å². The molecule has 1 fully saturated rings. The summed E-state index contributed by atoms with van der Waals surface area (Å²) < 4.78 is 28.3. The second-order valence-electron chi connectivity index (χ2n) is 6.44. The second kappa shape index (κ2) is 6.77. The SMILES string of the molecule is Cc1cc(S(=O)(=O)NC2CCC(C)C2)sc1CNC(C)C. The van der Waals surface area contributed by atoms with Gasteiger partial charge in [-0.05, 0) is 43.7 Å². The van der Waals surface area contributed by atoms with Gasteiger partial charge >= 0.3 is 0 Å². The molecule has 120 valence electrons. The summed E-state index contributed by atoms with van der Waals surface area (Å²) in [6.45, 7) is 9.06. The number of nitrogens with one attached hydrogen (secondary N) is 2. The number of thiophene rings is 1. The highest BCUT2D eigenvalue weighted by Gasteiger charge is 2.27. The van der Waals surface area contributed by atoms with Crippen molar-refractivity contribution in [2.45, 2.75) is 69.8 Å². The molecular weight excluding hydrogens is 304 g/mol. The van der Waals surface area contributed by atoms with E-state index in [9.17, 15) is 8.42 Å². The lowest BCUT2D eigenvalue weighted by Crippen LogP contribution is -2.32. The highest BCUT2D eigenvalue weighted by atomic mass is 32.2. The molecule has 0 amide bonds. The highest BCUT2D eigenvalue weighted by Crippen LogP contribution is 2.29. The molecule has 1 heterocycles. The highest BCUT2D eigenvalue weighted by molar-refractivity contribution is 7.91. The normalized spacial score (nSPS) is 23.1. The Morgan fingerprint density at radius 1 is 1.38 bits per heavy atom. The van der Waals surface area contributed by atoms with Gasteiger partial charge in [0.1, 0.15) is 4.21 Å². The third-order valence-corrected chi connectivity index (χ3v) is 7.18. The van der Waals surface area contributed by atoms with Gasteiger partial charge in [0.25, 0.3) is 0 Å². The van der Waals surface area contributed by atoms with E-state index in [1.165, 1.54) is 11.3 Å². The van der Waals surface area contributed by atoms with Crippen molar-refractivity contribution in [3.05, 3.63) is 16.5 Å². The largest absolute Gasteiger partial charge is 0.310 e. The zero-order chi connectivity index (χ0) is 15.6. The molecule has 1 aliphatic carbocycles. The lowest BCUT2D eigenvalue weighted by molar-refractivity contribution is 0.540. The van der Waals surface area contributed by atoms with Crippen molar-refractivity contribution in [2.24, 2.45) is 5.92 Å². The van der Waals surface area contributed by atoms with Crippen LogP contribution in [0.4, 0.5) is 0 Å². The van der Waals surface area contributed by atoms with Crippen LogP contribution in [0.1, 0.15) is 50.5 Å². The lowest BCUT2D eigenvalue weighted by atomic mass is 10.1. The number of hydrogen-bond acceptors (Lipinski definition) is 4. The van der Waals surface area contributed by atoms with Gasteiger partial charge in [-0.1, -0.05) is 20.8 Å². The summed E-state index contributed by atoms with van der Waals surface area (Å²) in [5, 5.41) is 3.34. The first-order chi connectivity index (χ1) is 9.78. The van der Waals surface area contributed by atoms with Crippen LogP contribution in [-0.4, -0.2) is 20.5 Å². The zero-order valence-electron chi connectivity index (χ0n) is 13.3. The predicted molar refractivity (Wildman–Crippen MR) is 88.2 cm³/mol. The van der Waals surface area contributed by atoms with Gasteiger partial charge in [0.15, 0.2) is 0 Å². The lowest BCUT2D eigenvalue weighted by Gasteiger charge is -2.11. The molecule has 2 rings (SSSR count). The maximum atomic E-state index is 12.5. The fourth-order valence-corrected chi connectivity index (χ4v) is 5.52. The molecule has 21 heavy (non-hydrogen) atoms. The van der Waals surface area contributed by atoms with Crippen LogP contribution in [0.5, 0.6) is 0 Å². The molecule has 0 spiro atoms. The quantitative estimate of drug-likeness (QED) is 0.843. The van der Waals surface area contributed by atoms with Crippen molar-refractivity contribution in [2.75, 3.05) is 0 Å². The minimum absolute atomic E-state index is 0.102. The molecule has 2 unspecified atom stereocenters. The van der Waals surface area contributed by atoms with Gasteiger partial charge < -0.3 is 5.32 Å². The Morgan fingerprint density at radius 2 is 2.10 bits per heavy atom. The summed E-state index contributed by atoms with van der Waals surface area (Å²) in [7, 11) is -3.37. The number of hydrogen-bond donors (Lipinski definition) is 2. The van der Waals surface area contributed by atoms with Gasteiger partial charge in [0.2, 0.25) is 10.0 Å².